The Labute approximate surface area is 478 Å². The molecular formula is C67H108O12. The molecule has 0 bridgehead atoms. The number of aliphatic hydroxyl groups excluding tert-OH is 2. The highest BCUT2D eigenvalue weighted by Gasteiger charge is 2.50. The molecule has 1 fully saturated rings. The van der Waals surface area contributed by atoms with Crippen LogP contribution < -0.4 is 0 Å². The van der Waals surface area contributed by atoms with Gasteiger partial charge in [0.25, 0.3) is 0 Å². The van der Waals surface area contributed by atoms with Gasteiger partial charge in [-0.25, -0.2) is 4.79 Å². The lowest BCUT2D eigenvalue weighted by Crippen LogP contribution is -2.61. The fourth-order valence-electron chi connectivity index (χ4n) is 8.65. The molecule has 0 aliphatic carbocycles. The van der Waals surface area contributed by atoms with Gasteiger partial charge in [0.1, 0.15) is 18.8 Å². The Bertz CT molecular complexity index is 1790. The number of carboxylic acids is 1. The van der Waals surface area contributed by atoms with Gasteiger partial charge in [-0.15, -0.1) is 0 Å². The maximum Gasteiger partial charge on any atom is 0.335 e. The van der Waals surface area contributed by atoms with E-state index < -0.39 is 67.3 Å². The van der Waals surface area contributed by atoms with Crippen LogP contribution in [0.1, 0.15) is 239 Å². The first-order chi connectivity index (χ1) is 38.6. The number of unbranched alkanes of at least 4 members (excludes halogenated alkanes) is 19. The van der Waals surface area contributed by atoms with E-state index in [9.17, 15) is 34.5 Å². The van der Waals surface area contributed by atoms with E-state index in [0.717, 1.165) is 89.9 Å². The first-order valence-corrected chi connectivity index (χ1v) is 30.9. The number of carboxylic acid groups (broad SMARTS) is 1. The summed E-state index contributed by atoms with van der Waals surface area (Å²) in [7, 11) is 0. The van der Waals surface area contributed by atoms with E-state index in [4.69, 9.17) is 23.7 Å². The largest absolute Gasteiger partial charge is 0.479 e. The summed E-state index contributed by atoms with van der Waals surface area (Å²) in [5, 5.41) is 31.5. The molecule has 0 aromatic heterocycles. The van der Waals surface area contributed by atoms with E-state index in [1.807, 2.05) is 12.2 Å². The first-order valence-electron chi connectivity index (χ1n) is 30.9. The third-order valence-corrected chi connectivity index (χ3v) is 13.3. The van der Waals surface area contributed by atoms with Gasteiger partial charge in [0.2, 0.25) is 0 Å². The van der Waals surface area contributed by atoms with E-state index >= 15 is 0 Å². The molecule has 0 saturated carbocycles. The zero-order valence-corrected chi connectivity index (χ0v) is 49.3. The molecule has 6 unspecified atom stereocenters. The summed E-state index contributed by atoms with van der Waals surface area (Å²) in [6.07, 6.45) is 60.7. The quantitative estimate of drug-likeness (QED) is 0.0228. The summed E-state index contributed by atoms with van der Waals surface area (Å²) in [5.74, 6) is -3.25. The molecule has 12 heteroatoms. The molecule has 1 aliphatic rings. The predicted octanol–water partition coefficient (Wildman–Crippen LogP) is 16.2. The molecule has 1 saturated heterocycles. The lowest BCUT2D eigenvalue weighted by atomic mass is 9.98. The fourth-order valence-corrected chi connectivity index (χ4v) is 8.65. The fraction of sp³-hybridized carbons (Fsp3) is 0.672. The molecule has 12 nitrogen and oxygen atoms in total. The van der Waals surface area contributed by atoms with Gasteiger partial charge in [-0.05, 0) is 116 Å². The summed E-state index contributed by atoms with van der Waals surface area (Å²) in [4.78, 5) is 51.2. The van der Waals surface area contributed by atoms with Crippen LogP contribution in [0.3, 0.4) is 0 Å². The van der Waals surface area contributed by atoms with Crippen molar-refractivity contribution in [2.45, 2.75) is 276 Å². The number of ether oxygens (including phenoxy) is 5. The van der Waals surface area contributed by atoms with E-state index in [2.05, 4.69) is 118 Å². The van der Waals surface area contributed by atoms with Crippen LogP contribution >= 0.6 is 0 Å². The van der Waals surface area contributed by atoms with E-state index in [1.54, 1.807) is 0 Å². The van der Waals surface area contributed by atoms with Crippen molar-refractivity contribution in [3.63, 3.8) is 0 Å². The Balaban J connectivity index is 2.71. The monoisotopic (exact) mass is 1100 g/mol. The minimum Gasteiger partial charge on any atom is -0.479 e. The molecule has 6 atom stereocenters. The SMILES string of the molecule is CC/C=C\C/C=C\C/C=C\C/C=C\C/C=C\CCCC(=O)OC1C(OCC(COC(=O)CCCCCCCCCCC/C=C\CCCCCCCC)OC(=O)CCCCC/C=C\C/C=C\C/C=C\CC)OC(C(=O)O)C(O)C1O. The number of aliphatic hydroxyl groups is 2. The van der Waals surface area contributed by atoms with Gasteiger partial charge in [0, 0.05) is 19.3 Å². The maximum atomic E-state index is 13.1. The van der Waals surface area contributed by atoms with Crippen molar-refractivity contribution in [1.29, 1.82) is 0 Å². The second-order valence-electron chi connectivity index (χ2n) is 20.6. The zero-order chi connectivity index (χ0) is 57.5. The molecule has 448 valence electrons. The van der Waals surface area contributed by atoms with Crippen molar-refractivity contribution in [3.05, 3.63) is 109 Å². The standard InChI is InChI=1S/C67H108O12/c1-4-7-10-13-16-19-22-25-27-29-30-32-33-36-38-41-44-47-50-53-59(68)75-56-58(77-60(69)54-51-48-45-42-39-35-24-21-18-15-12-9-6-3)57-76-67-65(63(72)62(71)64(79-67)66(73)74)78-61(70)55-52-49-46-43-40-37-34-31-28-26-23-20-17-14-11-8-5-2/h8-9,11-12,17-18,20-21,25-28,34-35,37,39,43,46,58,62-65,67,71-72H,4-7,10,13-16,19,22-24,29-33,36,38,40-42,44-45,47-57H2,1-3H3,(H,73,74)/b11-8-,12-9-,20-17-,21-18-,27-25-,28-26-,37-34-,39-35-,46-43-. The van der Waals surface area contributed by atoms with Crippen LogP contribution in [0, 0.1) is 0 Å². The molecular weight excluding hydrogens is 997 g/mol. The smallest absolute Gasteiger partial charge is 0.335 e. The highest BCUT2D eigenvalue weighted by atomic mass is 16.7. The Morgan fingerprint density at radius 1 is 0.430 bits per heavy atom. The minimum atomic E-state index is -1.93. The third kappa shape index (κ3) is 43.8. The lowest BCUT2D eigenvalue weighted by molar-refractivity contribution is -0.301. The van der Waals surface area contributed by atoms with Crippen LogP contribution in [-0.2, 0) is 42.9 Å². The number of carbonyl (C=O) groups excluding carboxylic acids is 3. The highest BCUT2D eigenvalue weighted by Crippen LogP contribution is 2.26. The molecule has 3 N–H and O–H groups in total. The molecule has 1 aliphatic heterocycles. The second kappa shape index (κ2) is 54.0. The summed E-state index contributed by atoms with van der Waals surface area (Å²) in [6.45, 7) is 5.71. The van der Waals surface area contributed by atoms with Crippen molar-refractivity contribution in [3.8, 4) is 0 Å². The van der Waals surface area contributed by atoms with Crippen LogP contribution in [-0.4, -0.2) is 89.2 Å². The van der Waals surface area contributed by atoms with Gasteiger partial charge >= 0.3 is 23.9 Å². The number of aliphatic carboxylic acids is 1. The third-order valence-electron chi connectivity index (χ3n) is 13.3. The van der Waals surface area contributed by atoms with Crippen molar-refractivity contribution in [2.24, 2.45) is 0 Å². The van der Waals surface area contributed by atoms with Gasteiger partial charge in [-0.2, -0.15) is 0 Å². The molecule has 79 heavy (non-hydrogen) atoms. The van der Waals surface area contributed by atoms with Crippen molar-refractivity contribution in [2.75, 3.05) is 13.2 Å². The van der Waals surface area contributed by atoms with Gasteiger partial charge in [-0.3, -0.25) is 14.4 Å². The normalized spacial score (nSPS) is 18.6. The Hall–Kier alpha value is -4.62. The van der Waals surface area contributed by atoms with Crippen LogP contribution in [0.5, 0.6) is 0 Å². The average molecular weight is 1110 g/mol. The average Bonchev–Trinajstić information content (AvgIpc) is 3.46. The van der Waals surface area contributed by atoms with Crippen LogP contribution in [0.2, 0.25) is 0 Å². The van der Waals surface area contributed by atoms with Crippen molar-refractivity contribution < 1.29 is 58.2 Å². The number of allylic oxidation sites excluding steroid dienone is 18. The molecule has 0 aromatic rings. The van der Waals surface area contributed by atoms with Crippen LogP contribution in [0.15, 0.2) is 109 Å². The van der Waals surface area contributed by atoms with Crippen LogP contribution in [0.4, 0.5) is 0 Å². The van der Waals surface area contributed by atoms with Gasteiger partial charge < -0.3 is 39.0 Å². The highest BCUT2D eigenvalue weighted by molar-refractivity contribution is 5.74. The first kappa shape index (κ1) is 72.4. The number of rotatable bonds is 51. The topological polar surface area (TPSA) is 175 Å². The number of hydrogen-bond acceptors (Lipinski definition) is 11. The van der Waals surface area contributed by atoms with Crippen molar-refractivity contribution >= 4 is 23.9 Å². The van der Waals surface area contributed by atoms with E-state index in [1.165, 1.54) is 83.5 Å². The van der Waals surface area contributed by atoms with Crippen LogP contribution in [0.25, 0.3) is 0 Å². The Morgan fingerprint density at radius 2 is 0.810 bits per heavy atom. The van der Waals surface area contributed by atoms with E-state index in [0.29, 0.717) is 25.7 Å². The number of esters is 3. The Kier molecular flexibility index (Phi) is 49.5. The zero-order valence-electron chi connectivity index (χ0n) is 49.3. The van der Waals surface area contributed by atoms with Crippen molar-refractivity contribution in [1.82, 2.24) is 0 Å². The molecule has 1 rings (SSSR count). The van der Waals surface area contributed by atoms with E-state index in [-0.39, 0.29) is 25.9 Å². The minimum absolute atomic E-state index is 0.0264. The molecule has 0 amide bonds. The predicted molar refractivity (Wildman–Crippen MR) is 321 cm³/mol. The lowest BCUT2D eigenvalue weighted by Gasteiger charge is -2.40. The Morgan fingerprint density at radius 3 is 1.28 bits per heavy atom. The molecule has 0 radical (unpaired) electrons. The molecule has 0 aromatic carbocycles. The number of carbonyl (C=O) groups is 4. The number of hydrogen-bond donors (Lipinski definition) is 3. The van der Waals surface area contributed by atoms with Gasteiger partial charge in [-0.1, -0.05) is 214 Å². The summed E-state index contributed by atoms with van der Waals surface area (Å²) in [6, 6.07) is 0. The maximum absolute atomic E-state index is 13.1. The van der Waals surface area contributed by atoms with Gasteiger partial charge in [0.05, 0.1) is 6.61 Å². The second-order valence-corrected chi connectivity index (χ2v) is 20.6. The van der Waals surface area contributed by atoms with Gasteiger partial charge in [0.15, 0.2) is 24.6 Å². The molecule has 0 spiro atoms. The summed E-state index contributed by atoms with van der Waals surface area (Å²) >= 11 is 0. The molecule has 1 heterocycles. The summed E-state index contributed by atoms with van der Waals surface area (Å²) in [5.41, 5.74) is 0. The summed E-state index contributed by atoms with van der Waals surface area (Å²) < 4.78 is 28.4.